The van der Waals surface area contributed by atoms with Gasteiger partial charge in [0.1, 0.15) is 12.4 Å². The summed E-state index contributed by atoms with van der Waals surface area (Å²) in [5.41, 5.74) is 1.66. The molecule has 168 valence electrons. The average molecular weight is 547 g/mol. The Morgan fingerprint density at radius 2 is 1.94 bits per heavy atom. The first kappa shape index (κ1) is 23.3. The van der Waals surface area contributed by atoms with Gasteiger partial charge >= 0.3 is 0 Å². The Hall–Kier alpha value is -2.87. The van der Waals surface area contributed by atoms with Crippen molar-refractivity contribution in [3.05, 3.63) is 96.4 Å². The van der Waals surface area contributed by atoms with Crippen molar-refractivity contribution in [3.8, 4) is 11.5 Å². The molecule has 0 unspecified atom stereocenters. The van der Waals surface area contributed by atoms with E-state index in [2.05, 4.69) is 26.0 Å². The number of hydrogen-bond donors (Lipinski definition) is 0. The summed E-state index contributed by atoms with van der Waals surface area (Å²) in [6.45, 7) is 1.93. The van der Waals surface area contributed by atoms with Crippen LogP contribution in [0.3, 0.4) is 0 Å². The Labute approximate surface area is 208 Å². The third kappa shape index (κ3) is 5.05. The van der Waals surface area contributed by atoms with Gasteiger partial charge in [0.2, 0.25) is 0 Å². The van der Waals surface area contributed by atoms with Crippen LogP contribution >= 0.6 is 39.1 Å². The lowest BCUT2D eigenvalue weighted by atomic mass is 10.2. The molecule has 0 aliphatic rings. The van der Waals surface area contributed by atoms with Crippen LogP contribution < -0.4 is 15.0 Å². The number of rotatable bonds is 6. The SMILES string of the molecule is COc1cc(Cl)cc(C=Nn2c(C)nc3ccc(Br)cc3c2=O)c1OCc1ccccc1Cl. The number of benzene rings is 3. The molecule has 1 aromatic heterocycles. The van der Waals surface area contributed by atoms with Crippen molar-refractivity contribution in [1.82, 2.24) is 9.66 Å². The third-order valence-electron chi connectivity index (χ3n) is 4.88. The Bertz CT molecular complexity index is 1440. The van der Waals surface area contributed by atoms with Gasteiger partial charge in [0.15, 0.2) is 11.5 Å². The number of halogens is 3. The quantitative estimate of drug-likeness (QED) is 0.268. The minimum Gasteiger partial charge on any atom is -0.493 e. The molecule has 0 spiro atoms. The van der Waals surface area contributed by atoms with Crippen LogP contribution in [0.25, 0.3) is 10.9 Å². The van der Waals surface area contributed by atoms with Crippen LogP contribution in [0.2, 0.25) is 10.0 Å². The molecule has 0 saturated heterocycles. The number of aromatic nitrogens is 2. The molecule has 6 nitrogen and oxygen atoms in total. The zero-order valence-corrected chi connectivity index (χ0v) is 20.8. The molecule has 0 radical (unpaired) electrons. The average Bonchev–Trinajstić information content (AvgIpc) is 2.79. The molecule has 0 fully saturated rings. The summed E-state index contributed by atoms with van der Waals surface area (Å²) in [6, 6.07) is 16.1. The summed E-state index contributed by atoms with van der Waals surface area (Å²) in [5.74, 6) is 1.30. The number of ether oxygens (including phenoxy) is 2. The summed E-state index contributed by atoms with van der Waals surface area (Å²) in [7, 11) is 1.52. The number of methoxy groups -OCH3 is 1. The van der Waals surface area contributed by atoms with Crippen molar-refractivity contribution in [3.63, 3.8) is 0 Å². The maximum atomic E-state index is 13.0. The Morgan fingerprint density at radius 1 is 1.15 bits per heavy atom. The van der Waals surface area contributed by atoms with Crippen LogP contribution in [0.4, 0.5) is 0 Å². The van der Waals surface area contributed by atoms with E-state index >= 15 is 0 Å². The van der Waals surface area contributed by atoms with Crippen LogP contribution in [0.5, 0.6) is 11.5 Å². The Kier molecular flexibility index (Phi) is 7.02. The first-order valence-electron chi connectivity index (χ1n) is 9.84. The van der Waals surface area contributed by atoms with E-state index in [4.69, 9.17) is 32.7 Å². The van der Waals surface area contributed by atoms with Crippen LogP contribution in [-0.4, -0.2) is 23.0 Å². The summed E-state index contributed by atoms with van der Waals surface area (Å²) in [6.07, 6.45) is 1.50. The topological polar surface area (TPSA) is 65.7 Å². The lowest BCUT2D eigenvalue weighted by molar-refractivity contribution is 0.284. The van der Waals surface area contributed by atoms with Crippen LogP contribution in [0.15, 0.2) is 69.0 Å². The summed E-state index contributed by atoms with van der Waals surface area (Å²) in [4.78, 5) is 17.5. The molecule has 4 rings (SSSR count). The Morgan fingerprint density at radius 3 is 2.70 bits per heavy atom. The molecule has 9 heteroatoms. The molecule has 33 heavy (non-hydrogen) atoms. The highest BCUT2D eigenvalue weighted by Crippen LogP contribution is 2.35. The first-order chi connectivity index (χ1) is 15.9. The molecule has 4 aromatic rings. The number of nitrogens with zero attached hydrogens (tertiary/aromatic N) is 3. The third-order valence-corrected chi connectivity index (χ3v) is 5.96. The predicted octanol–water partition coefficient (Wildman–Crippen LogP) is 6.24. The van der Waals surface area contributed by atoms with Crippen molar-refractivity contribution < 1.29 is 9.47 Å². The molecule has 3 aromatic carbocycles. The number of aryl methyl sites for hydroxylation is 1. The van der Waals surface area contributed by atoms with Crippen molar-refractivity contribution in [2.24, 2.45) is 5.10 Å². The van der Waals surface area contributed by atoms with E-state index in [-0.39, 0.29) is 12.2 Å². The molecule has 0 saturated carbocycles. The van der Waals surface area contributed by atoms with Gasteiger partial charge in [-0.05, 0) is 37.3 Å². The first-order valence-corrected chi connectivity index (χ1v) is 11.4. The van der Waals surface area contributed by atoms with Gasteiger partial charge in [-0.25, -0.2) is 4.98 Å². The molecule has 0 amide bonds. The Balaban J connectivity index is 1.76. The van der Waals surface area contributed by atoms with Gasteiger partial charge in [-0.1, -0.05) is 57.3 Å². The summed E-state index contributed by atoms with van der Waals surface area (Å²) in [5, 5.41) is 5.86. The lowest BCUT2D eigenvalue weighted by Crippen LogP contribution is -2.20. The molecule has 0 aliphatic carbocycles. The fourth-order valence-corrected chi connectivity index (χ4v) is 4.04. The standard InChI is InChI=1S/C24H18BrCl2N3O3/c1-14-29-21-8-7-17(25)10-19(21)24(31)30(14)28-12-16-9-18(26)11-22(32-2)23(16)33-13-15-5-3-4-6-20(15)27/h3-12H,13H2,1-2H3. The van der Waals surface area contributed by atoms with Crippen molar-refractivity contribution in [2.75, 3.05) is 7.11 Å². The highest BCUT2D eigenvalue weighted by atomic mass is 79.9. The van der Waals surface area contributed by atoms with Gasteiger partial charge in [-0.3, -0.25) is 4.79 Å². The smallest absolute Gasteiger partial charge is 0.282 e. The predicted molar refractivity (Wildman–Crippen MR) is 135 cm³/mol. The summed E-state index contributed by atoms with van der Waals surface area (Å²) < 4.78 is 13.5. The second kappa shape index (κ2) is 9.95. The maximum absolute atomic E-state index is 13.0. The zero-order chi connectivity index (χ0) is 23.5. The van der Waals surface area contributed by atoms with Crippen LogP contribution in [0, 0.1) is 6.92 Å². The fourth-order valence-electron chi connectivity index (χ4n) is 3.27. The molecule has 0 aliphatic heterocycles. The largest absolute Gasteiger partial charge is 0.493 e. The van der Waals surface area contributed by atoms with E-state index in [1.165, 1.54) is 18.0 Å². The van der Waals surface area contributed by atoms with Gasteiger partial charge in [0.25, 0.3) is 5.56 Å². The van der Waals surface area contributed by atoms with Gasteiger partial charge in [0.05, 0.1) is 24.2 Å². The van der Waals surface area contributed by atoms with Crippen LogP contribution in [-0.2, 0) is 6.61 Å². The molecule has 1 heterocycles. The lowest BCUT2D eigenvalue weighted by Gasteiger charge is -2.14. The van der Waals surface area contributed by atoms with E-state index in [0.717, 1.165) is 10.0 Å². The van der Waals surface area contributed by atoms with Gasteiger partial charge in [0, 0.05) is 31.7 Å². The normalized spacial score (nSPS) is 11.3. The number of fused-ring (bicyclic) bond motifs is 1. The van der Waals surface area contributed by atoms with Crippen molar-refractivity contribution >= 4 is 56.2 Å². The van der Waals surface area contributed by atoms with Crippen molar-refractivity contribution in [1.29, 1.82) is 0 Å². The van der Waals surface area contributed by atoms with Crippen LogP contribution in [0.1, 0.15) is 17.0 Å². The van der Waals surface area contributed by atoms with Gasteiger partial charge in [-0.2, -0.15) is 9.78 Å². The van der Waals surface area contributed by atoms with E-state index in [9.17, 15) is 4.79 Å². The molecular formula is C24H18BrCl2N3O3. The van der Waals surface area contributed by atoms with E-state index < -0.39 is 0 Å². The zero-order valence-electron chi connectivity index (χ0n) is 17.7. The highest BCUT2D eigenvalue weighted by molar-refractivity contribution is 9.10. The molecule has 0 atom stereocenters. The monoisotopic (exact) mass is 545 g/mol. The minimum absolute atomic E-state index is 0.211. The molecular weight excluding hydrogens is 529 g/mol. The van der Waals surface area contributed by atoms with E-state index in [1.807, 2.05) is 24.3 Å². The number of hydrogen-bond acceptors (Lipinski definition) is 5. The summed E-state index contributed by atoms with van der Waals surface area (Å²) >= 11 is 15.9. The second-order valence-corrected chi connectivity index (χ2v) is 8.85. The maximum Gasteiger partial charge on any atom is 0.282 e. The molecule has 0 bridgehead atoms. The highest BCUT2D eigenvalue weighted by Gasteiger charge is 2.14. The fraction of sp³-hybridized carbons (Fsp3) is 0.125. The van der Waals surface area contributed by atoms with Gasteiger partial charge < -0.3 is 9.47 Å². The van der Waals surface area contributed by atoms with E-state index in [1.54, 1.807) is 37.3 Å². The van der Waals surface area contributed by atoms with Gasteiger partial charge in [-0.15, -0.1) is 0 Å². The second-order valence-electron chi connectivity index (χ2n) is 7.09. The molecule has 0 N–H and O–H groups in total. The minimum atomic E-state index is -0.289. The van der Waals surface area contributed by atoms with Crippen molar-refractivity contribution in [2.45, 2.75) is 13.5 Å². The van der Waals surface area contributed by atoms with E-state index in [0.29, 0.717) is 43.8 Å².